The number of nitrogens with zero attached hydrogens (tertiary/aromatic N) is 3. The number of pyridine rings is 1. The van der Waals surface area contributed by atoms with Gasteiger partial charge < -0.3 is 15.1 Å². The quantitative estimate of drug-likeness (QED) is 0.271. The standard InChI is InChI=1S/C25H23N5O3S/c31-22(26-15-19-7-3-1-4-8-19)17-30-13-11-21(12-14-30)24-28-29-25(33-24)34-18-23(32)27-16-20-9-5-2-6-10-20/h1-14H,15-18H2,(H-,26,27,31,32)/p+1. The molecule has 2 aromatic heterocycles. The number of thioether (sulfide) groups is 1. The Morgan fingerprint density at radius 3 is 2.00 bits per heavy atom. The average Bonchev–Trinajstić information content (AvgIpc) is 3.36. The van der Waals surface area contributed by atoms with Crippen molar-refractivity contribution in [1.29, 1.82) is 0 Å². The molecule has 2 aromatic carbocycles. The third-order valence-electron chi connectivity index (χ3n) is 4.86. The predicted molar refractivity (Wildman–Crippen MR) is 127 cm³/mol. The normalized spacial score (nSPS) is 10.6. The van der Waals surface area contributed by atoms with Crippen molar-refractivity contribution in [1.82, 2.24) is 20.8 Å². The lowest BCUT2D eigenvalue weighted by atomic mass is 10.2. The van der Waals surface area contributed by atoms with Gasteiger partial charge in [-0.25, -0.2) is 0 Å². The van der Waals surface area contributed by atoms with Crippen molar-refractivity contribution in [3.63, 3.8) is 0 Å². The number of benzene rings is 2. The lowest BCUT2D eigenvalue weighted by molar-refractivity contribution is -0.684. The van der Waals surface area contributed by atoms with Gasteiger partial charge in [-0.15, -0.1) is 10.2 Å². The molecule has 2 N–H and O–H groups in total. The van der Waals surface area contributed by atoms with Gasteiger partial charge in [0.05, 0.1) is 11.3 Å². The summed E-state index contributed by atoms with van der Waals surface area (Å²) >= 11 is 1.18. The molecule has 172 valence electrons. The van der Waals surface area contributed by atoms with Crippen LogP contribution < -0.4 is 15.2 Å². The predicted octanol–water partition coefficient (Wildman–Crippen LogP) is 2.75. The summed E-state index contributed by atoms with van der Waals surface area (Å²) in [6.07, 6.45) is 3.57. The maximum absolute atomic E-state index is 12.2. The van der Waals surface area contributed by atoms with Gasteiger partial charge in [0.25, 0.3) is 11.1 Å². The van der Waals surface area contributed by atoms with E-state index in [1.807, 2.05) is 60.7 Å². The van der Waals surface area contributed by atoms with Gasteiger partial charge in [0, 0.05) is 25.2 Å². The third-order valence-corrected chi connectivity index (χ3v) is 5.68. The number of nitrogens with one attached hydrogen (secondary N) is 2. The molecule has 9 heteroatoms. The molecule has 0 unspecified atom stereocenters. The monoisotopic (exact) mass is 474 g/mol. The van der Waals surface area contributed by atoms with Crippen molar-refractivity contribution in [2.24, 2.45) is 0 Å². The zero-order valence-corrected chi connectivity index (χ0v) is 19.2. The molecular formula is C25H24N5O3S+. The summed E-state index contributed by atoms with van der Waals surface area (Å²) in [6, 6.07) is 23.1. The van der Waals surface area contributed by atoms with E-state index < -0.39 is 0 Å². The van der Waals surface area contributed by atoms with E-state index in [0.717, 1.165) is 16.7 Å². The van der Waals surface area contributed by atoms with Crippen LogP contribution in [0, 0.1) is 0 Å². The molecule has 0 radical (unpaired) electrons. The summed E-state index contributed by atoms with van der Waals surface area (Å²) in [6.45, 7) is 1.17. The van der Waals surface area contributed by atoms with E-state index in [4.69, 9.17) is 4.42 Å². The molecule has 2 heterocycles. The van der Waals surface area contributed by atoms with Gasteiger partial charge in [0.1, 0.15) is 0 Å². The molecule has 4 aromatic rings. The SMILES string of the molecule is O=C(CSc1nnc(-c2cc[n+](CC(=O)NCc3ccccc3)cc2)o1)NCc1ccccc1. The molecule has 0 spiro atoms. The highest BCUT2D eigenvalue weighted by Crippen LogP contribution is 2.22. The van der Waals surface area contributed by atoms with Crippen LogP contribution in [-0.2, 0) is 29.2 Å². The Balaban J connectivity index is 1.23. The Morgan fingerprint density at radius 2 is 1.38 bits per heavy atom. The van der Waals surface area contributed by atoms with Gasteiger partial charge in [-0.3, -0.25) is 9.59 Å². The van der Waals surface area contributed by atoms with Crippen LogP contribution in [0.3, 0.4) is 0 Å². The van der Waals surface area contributed by atoms with Gasteiger partial charge >= 0.3 is 0 Å². The Bertz CT molecular complexity index is 1210. The largest absolute Gasteiger partial charge is 0.411 e. The Morgan fingerprint density at radius 1 is 0.794 bits per heavy atom. The molecule has 0 saturated carbocycles. The first-order chi connectivity index (χ1) is 16.7. The second-order valence-corrected chi connectivity index (χ2v) is 8.37. The molecule has 0 fully saturated rings. The van der Waals surface area contributed by atoms with E-state index in [1.54, 1.807) is 29.1 Å². The Labute approximate surface area is 201 Å². The van der Waals surface area contributed by atoms with E-state index in [2.05, 4.69) is 20.8 Å². The van der Waals surface area contributed by atoms with Crippen LogP contribution in [0.1, 0.15) is 11.1 Å². The summed E-state index contributed by atoms with van der Waals surface area (Å²) in [5.41, 5.74) is 2.82. The minimum Gasteiger partial charge on any atom is -0.411 e. The number of amides is 2. The van der Waals surface area contributed by atoms with Crippen LogP contribution in [0.15, 0.2) is 94.8 Å². The first-order valence-electron chi connectivity index (χ1n) is 10.7. The molecule has 0 saturated heterocycles. The van der Waals surface area contributed by atoms with Crippen LogP contribution in [0.5, 0.6) is 0 Å². The van der Waals surface area contributed by atoms with E-state index in [1.165, 1.54) is 11.8 Å². The average molecular weight is 475 g/mol. The first-order valence-corrected chi connectivity index (χ1v) is 11.7. The minimum absolute atomic E-state index is 0.0800. The van der Waals surface area contributed by atoms with Crippen molar-refractivity contribution in [3.8, 4) is 11.5 Å². The van der Waals surface area contributed by atoms with E-state index in [0.29, 0.717) is 24.2 Å². The topological polar surface area (TPSA) is 101 Å². The lowest BCUT2D eigenvalue weighted by Crippen LogP contribution is -2.42. The molecule has 0 atom stereocenters. The summed E-state index contributed by atoms with van der Waals surface area (Å²) in [4.78, 5) is 24.3. The summed E-state index contributed by atoms with van der Waals surface area (Å²) in [7, 11) is 0. The minimum atomic E-state index is -0.111. The molecular weight excluding hydrogens is 450 g/mol. The molecule has 2 amide bonds. The number of aromatic nitrogens is 3. The summed E-state index contributed by atoms with van der Waals surface area (Å²) in [5, 5.41) is 14.1. The van der Waals surface area contributed by atoms with Gasteiger partial charge in [-0.2, -0.15) is 4.57 Å². The fourth-order valence-electron chi connectivity index (χ4n) is 3.08. The highest BCUT2D eigenvalue weighted by Gasteiger charge is 2.14. The molecule has 0 aliphatic carbocycles. The second kappa shape index (κ2) is 11.8. The number of hydrogen-bond acceptors (Lipinski definition) is 6. The zero-order chi connectivity index (χ0) is 23.6. The number of carbonyl (C=O) groups excluding carboxylic acids is 2. The Hall–Kier alpha value is -3.98. The maximum Gasteiger partial charge on any atom is 0.286 e. The van der Waals surface area contributed by atoms with Crippen molar-refractivity contribution in [2.45, 2.75) is 24.9 Å². The highest BCUT2D eigenvalue weighted by atomic mass is 32.2. The summed E-state index contributed by atoms with van der Waals surface area (Å²) in [5.74, 6) is 0.345. The maximum atomic E-state index is 12.2. The number of carbonyl (C=O) groups is 2. The van der Waals surface area contributed by atoms with Crippen molar-refractivity contribution >= 4 is 23.6 Å². The molecule has 34 heavy (non-hydrogen) atoms. The lowest BCUT2D eigenvalue weighted by Gasteiger charge is -2.03. The molecule has 0 bridgehead atoms. The van der Waals surface area contributed by atoms with Gasteiger partial charge in [0.15, 0.2) is 12.4 Å². The van der Waals surface area contributed by atoms with Crippen LogP contribution in [-0.4, -0.2) is 27.8 Å². The zero-order valence-electron chi connectivity index (χ0n) is 18.4. The Kier molecular flexibility index (Phi) is 8.02. The van der Waals surface area contributed by atoms with E-state index >= 15 is 0 Å². The van der Waals surface area contributed by atoms with Gasteiger partial charge in [0.2, 0.25) is 18.3 Å². The van der Waals surface area contributed by atoms with Crippen LogP contribution in [0.2, 0.25) is 0 Å². The highest BCUT2D eigenvalue weighted by molar-refractivity contribution is 7.99. The van der Waals surface area contributed by atoms with Gasteiger partial charge in [-0.05, 0) is 11.1 Å². The molecule has 4 rings (SSSR count). The van der Waals surface area contributed by atoms with Crippen LogP contribution in [0.4, 0.5) is 0 Å². The van der Waals surface area contributed by atoms with Crippen LogP contribution in [0.25, 0.3) is 11.5 Å². The number of rotatable bonds is 10. The fourth-order valence-corrected chi connectivity index (χ4v) is 3.68. The van der Waals surface area contributed by atoms with Crippen molar-refractivity contribution in [2.75, 3.05) is 5.75 Å². The van der Waals surface area contributed by atoms with Gasteiger partial charge in [-0.1, -0.05) is 72.4 Å². The molecule has 8 nitrogen and oxygen atoms in total. The smallest absolute Gasteiger partial charge is 0.286 e. The second-order valence-electron chi connectivity index (χ2n) is 7.45. The molecule has 0 aliphatic rings. The van der Waals surface area contributed by atoms with E-state index in [-0.39, 0.29) is 24.1 Å². The third kappa shape index (κ3) is 7.01. The fraction of sp³-hybridized carbons (Fsp3) is 0.160. The van der Waals surface area contributed by atoms with Crippen LogP contribution >= 0.6 is 11.8 Å². The van der Waals surface area contributed by atoms with Crippen molar-refractivity contribution < 1.29 is 18.6 Å². The molecule has 0 aliphatic heterocycles. The summed E-state index contributed by atoms with van der Waals surface area (Å²) < 4.78 is 7.43. The number of hydrogen-bond donors (Lipinski definition) is 2. The first kappa shape index (κ1) is 23.2. The van der Waals surface area contributed by atoms with Crippen molar-refractivity contribution in [3.05, 3.63) is 96.3 Å². The van der Waals surface area contributed by atoms with E-state index in [9.17, 15) is 9.59 Å².